The minimum Gasteiger partial charge on any atom is -0.497 e. The average Bonchev–Trinajstić information content (AvgIpc) is 2.35. The highest BCUT2D eigenvalue weighted by atomic mass is 35.5. The molecule has 0 radical (unpaired) electrons. The van der Waals surface area contributed by atoms with Crippen molar-refractivity contribution in [2.75, 3.05) is 14.2 Å². The third-order valence-electron chi connectivity index (χ3n) is 2.09. The number of methoxy groups -OCH3 is 2. The molecule has 4 heteroatoms. The predicted molar refractivity (Wildman–Crippen MR) is 63.6 cm³/mol. The smallest absolute Gasteiger partial charge is 0.330 e. The quantitative estimate of drug-likeness (QED) is 0.461. The van der Waals surface area contributed by atoms with Gasteiger partial charge in [-0.15, -0.1) is 11.6 Å². The molecular weight excluding hydrogens is 228 g/mol. The van der Waals surface area contributed by atoms with Gasteiger partial charge in [0.15, 0.2) is 0 Å². The lowest BCUT2D eigenvalue weighted by atomic mass is 10.1. The third-order valence-corrected chi connectivity index (χ3v) is 2.38. The number of ether oxygens (including phenoxy) is 2. The number of halogens is 1. The van der Waals surface area contributed by atoms with Crippen molar-refractivity contribution >= 4 is 23.6 Å². The van der Waals surface area contributed by atoms with E-state index in [0.29, 0.717) is 5.88 Å². The fourth-order valence-corrected chi connectivity index (χ4v) is 1.44. The van der Waals surface area contributed by atoms with Gasteiger partial charge in [-0.3, -0.25) is 0 Å². The van der Waals surface area contributed by atoms with Gasteiger partial charge in [0.25, 0.3) is 0 Å². The van der Waals surface area contributed by atoms with Crippen molar-refractivity contribution < 1.29 is 14.3 Å². The summed E-state index contributed by atoms with van der Waals surface area (Å²) in [5.41, 5.74) is 1.78. The van der Waals surface area contributed by atoms with Crippen LogP contribution in [0.3, 0.4) is 0 Å². The Labute approximate surface area is 99.6 Å². The normalized spacial score (nSPS) is 10.4. The van der Waals surface area contributed by atoms with Crippen LogP contribution in [-0.2, 0) is 15.4 Å². The molecule has 0 saturated heterocycles. The summed E-state index contributed by atoms with van der Waals surface area (Å²) in [6.07, 6.45) is 3.03. The zero-order valence-electron chi connectivity index (χ0n) is 9.20. The van der Waals surface area contributed by atoms with Gasteiger partial charge >= 0.3 is 5.97 Å². The monoisotopic (exact) mass is 240 g/mol. The van der Waals surface area contributed by atoms with Crippen LogP contribution >= 0.6 is 11.6 Å². The van der Waals surface area contributed by atoms with E-state index in [4.69, 9.17) is 16.3 Å². The van der Waals surface area contributed by atoms with Crippen LogP contribution in [0.2, 0.25) is 0 Å². The van der Waals surface area contributed by atoms with Gasteiger partial charge in [0.2, 0.25) is 0 Å². The van der Waals surface area contributed by atoms with Crippen LogP contribution in [0.1, 0.15) is 11.1 Å². The van der Waals surface area contributed by atoms with Gasteiger partial charge in [0.05, 0.1) is 14.2 Å². The molecule has 0 bridgehead atoms. The Balaban J connectivity index is 2.95. The molecule has 0 amide bonds. The van der Waals surface area contributed by atoms with Gasteiger partial charge in [-0.05, 0) is 29.3 Å². The molecule has 1 rings (SSSR count). The minimum atomic E-state index is -0.392. The summed E-state index contributed by atoms with van der Waals surface area (Å²) in [6.45, 7) is 0. The first kappa shape index (κ1) is 12.6. The molecule has 3 nitrogen and oxygen atoms in total. The average molecular weight is 241 g/mol. The minimum absolute atomic E-state index is 0.359. The number of carbonyl (C=O) groups excluding carboxylic acids is 1. The molecule has 1 aromatic carbocycles. The number of hydrogen-bond donors (Lipinski definition) is 0. The van der Waals surface area contributed by atoms with Crippen molar-refractivity contribution in [1.82, 2.24) is 0 Å². The molecule has 86 valence electrons. The first-order valence-corrected chi connectivity index (χ1v) is 5.23. The van der Waals surface area contributed by atoms with Crippen LogP contribution in [0.15, 0.2) is 24.3 Å². The van der Waals surface area contributed by atoms with Crippen molar-refractivity contribution in [2.45, 2.75) is 5.88 Å². The van der Waals surface area contributed by atoms with Gasteiger partial charge in [0.1, 0.15) is 5.75 Å². The number of esters is 1. The molecule has 0 N–H and O–H groups in total. The summed E-state index contributed by atoms with van der Waals surface area (Å²) in [4.78, 5) is 10.9. The van der Waals surface area contributed by atoms with Crippen LogP contribution in [0.4, 0.5) is 0 Å². The molecule has 0 atom stereocenters. The van der Waals surface area contributed by atoms with Gasteiger partial charge < -0.3 is 9.47 Å². The maximum Gasteiger partial charge on any atom is 0.330 e. The Kier molecular flexibility index (Phi) is 4.86. The van der Waals surface area contributed by atoms with Crippen LogP contribution < -0.4 is 4.74 Å². The third kappa shape index (κ3) is 3.28. The van der Waals surface area contributed by atoms with E-state index in [-0.39, 0.29) is 0 Å². The summed E-state index contributed by atoms with van der Waals surface area (Å²) < 4.78 is 9.59. The second-order valence-electron chi connectivity index (χ2n) is 3.05. The molecule has 0 aliphatic heterocycles. The second-order valence-corrected chi connectivity index (χ2v) is 3.32. The maximum absolute atomic E-state index is 10.9. The predicted octanol–water partition coefficient (Wildman–Crippen LogP) is 2.62. The summed E-state index contributed by atoms with van der Waals surface area (Å²) in [5, 5.41) is 0. The van der Waals surface area contributed by atoms with E-state index in [1.165, 1.54) is 13.2 Å². The highest BCUT2D eigenvalue weighted by Gasteiger charge is 2.01. The number of carbonyl (C=O) groups is 1. The molecule has 0 saturated carbocycles. The standard InChI is InChI=1S/C12H13ClO3/c1-15-11-5-3-9(10(7-11)8-13)4-6-12(14)16-2/h3-7H,8H2,1-2H3/b6-4-. The SMILES string of the molecule is COC(=O)/C=C\c1ccc(OC)cc1CCl. The number of rotatable bonds is 4. The van der Waals surface area contributed by atoms with E-state index < -0.39 is 5.97 Å². The van der Waals surface area contributed by atoms with Crippen molar-refractivity contribution in [3.05, 3.63) is 35.4 Å². The summed E-state index contributed by atoms with van der Waals surface area (Å²) >= 11 is 5.80. The molecule has 0 heterocycles. The summed E-state index contributed by atoms with van der Waals surface area (Å²) in [6, 6.07) is 5.49. The zero-order valence-corrected chi connectivity index (χ0v) is 9.95. The lowest BCUT2D eigenvalue weighted by molar-refractivity contribution is -0.134. The highest BCUT2D eigenvalue weighted by molar-refractivity contribution is 6.17. The highest BCUT2D eigenvalue weighted by Crippen LogP contribution is 2.20. The zero-order chi connectivity index (χ0) is 12.0. The molecule has 0 spiro atoms. The van der Waals surface area contributed by atoms with Crippen molar-refractivity contribution in [3.8, 4) is 5.75 Å². The van der Waals surface area contributed by atoms with Gasteiger partial charge in [-0.2, -0.15) is 0 Å². The maximum atomic E-state index is 10.9. The number of alkyl halides is 1. The van der Waals surface area contributed by atoms with Crippen molar-refractivity contribution in [3.63, 3.8) is 0 Å². The Morgan fingerprint density at radius 1 is 1.44 bits per heavy atom. The van der Waals surface area contributed by atoms with E-state index in [1.807, 2.05) is 18.2 Å². The first-order valence-electron chi connectivity index (χ1n) is 4.70. The van der Waals surface area contributed by atoms with Crippen LogP contribution in [0, 0.1) is 0 Å². The van der Waals surface area contributed by atoms with E-state index >= 15 is 0 Å². The second kappa shape index (κ2) is 6.18. The van der Waals surface area contributed by atoms with E-state index in [0.717, 1.165) is 16.9 Å². The van der Waals surface area contributed by atoms with Crippen molar-refractivity contribution in [2.24, 2.45) is 0 Å². The van der Waals surface area contributed by atoms with Crippen LogP contribution in [0.25, 0.3) is 6.08 Å². The lowest BCUT2D eigenvalue weighted by Crippen LogP contribution is -1.94. The van der Waals surface area contributed by atoms with E-state index in [2.05, 4.69) is 4.74 Å². The molecule has 0 aliphatic rings. The molecule has 0 aliphatic carbocycles. The van der Waals surface area contributed by atoms with Crippen LogP contribution in [0.5, 0.6) is 5.75 Å². The molecule has 0 unspecified atom stereocenters. The summed E-state index contributed by atoms with van der Waals surface area (Å²) in [7, 11) is 2.93. The first-order chi connectivity index (χ1) is 7.71. The van der Waals surface area contributed by atoms with Gasteiger partial charge in [-0.1, -0.05) is 6.07 Å². The van der Waals surface area contributed by atoms with Crippen molar-refractivity contribution in [1.29, 1.82) is 0 Å². The fourth-order valence-electron chi connectivity index (χ4n) is 1.21. The molecule has 0 aromatic heterocycles. The Morgan fingerprint density at radius 3 is 2.75 bits per heavy atom. The van der Waals surface area contributed by atoms with Crippen LogP contribution in [-0.4, -0.2) is 20.2 Å². The van der Waals surface area contributed by atoms with E-state index in [1.54, 1.807) is 13.2 Å². The lowest BCUT2D eigenvalue weighted by Gasteiger charge is -2.05. The molecule has 16 heavy (non-hydrogen) atoms. The van der Waals surface area contributed by atoms with E-state index in [9.17, 15) is 4.79 Å². The number of benzene rings is 1. The van der Waals surface area contributed by atoms with Gasteiger partial charge in [-0.25, -0.2) is 4.79 Å². The molecule has 1 aromatic rings. The fraction of sp³-hybridized carbons (Fsp3) is 0.250. The van der Waals surface area contributed by atoms with Gasteiger partial charge in [0, 0.05) is 12.0 Å². The summed E-state index contributed by atoms with van der Waals surface area (Å²) in [5.74, 6) is 0.708. The number of hydrogen-bond acceptors (Lipinski definition) is 3. The topological polar surface area (TPSA) is 35.5 Å². The Bertz CT molecular complexity index is 399. The Morgan fingerprint density at radius 2 is 2.19 bits per heavy atom. The Hall–Kier alpha value is -1.48. The molecular formula is C12H13ClO3. The largest absolute Gasteiger partial charge is 0.497 e. The molecule has 0 fully saturated rings.